The van der Waals surface area contributed by atoms with Gasteiger partial charge in [-0.15, -0.1) is 0 Å². The first-order valence-electron chi connectivity index (χ1n) is 5.59. The number of nitrogens with zero attached hydrogens (tertiary/aromatic N) is 2. The molecule has 0 bridgehead atoms. The van der Waals surface area contributed by atoms with Gasteiger partial charge in [-0.25, -0.2) is 0 Å². The zero-order valence-corrected chi connectivity index (χ0v) is 9.96. The van der Waals surface area contributed by atoms with Gasteiger partial charge in [0.15, 0.2) is 0 Å². The molecule has 88 valence electrons. The molecule has 6 heteroatoms. The van der Waals surface area contributed by atoms with Crippen molar-refractivity contribution in [2.45, 2.75) is 25.8 Å². The Bertz CT molecular complexity index is 311. The Morgan fingerprint density at radius 3 is 2.40 bits per heavy atom. The van der Waals surface area contributed by atoms with Crippen LogP contribution in [0, 0.1) is 0 Å². The van der Waals surface area contributed by atoms with E-state index >= 15 is 0 Å². The quantitative estimate of drug-likeness (QED) is 0.707. The first kappa shape index (κ1) is 11.3. The predicted octanol–water partition coefficient (Wildman–Crippen LogP) is -0.379. The second-order valence-electron chi connectivity index (χ2n) is 4.33. The van der Waals surface area contributed by atoms with Crippen molar-refractivity contribution in [1.82, 2.24) is 13.9 Å². The van der Waals surface area contributed by atoms with Crippen molar-refractivity contribution < 1.29 is 8.42 Å². The predicted molar refractivity (Wildman–Crippen MR) is 58.8 cm³/mol. The topological polar surface area (TPSA) is 52.7 Å². The van der Waals surface area contributed by atoms with Gasteiger partial charge in [-0.2, -0.15) is 17.0 Å². The van der Waals surface area contributed by atoms with Crippen LogP contribution in [-0.4, -0.2) is 55.8 Å². The van der Waals surface area contributed by atoms with E-state index in [9.17, 15) is 8.42 Å². The molecule has 0 amide bonds. The summed E-state index contributed by atoms with van der Waals surface area (Å²) in [6, 6.07) is 0.260. The van der Waals surface area contributed by atoms with Crippen molar-refractivity contribution in [3.63, 3.8) is 0 Å². The standard InChI is InChI=1S/C9H19N3O2S/c1-9-8-12(7-4-10-9)15(13,14)11-5-2-3-6-11/h9-10H,2-8H2,1H3/t9-/m0/s1. The van der Waals surface area contributed by atoms with E-state index in [1.165, 1.54) is 0 Å². The second kappa shape index (κ2) is 4.37. The number of hydrogen-bond acceptors (Lipinski definition) is 3. The molecule has 0 aromatic heterocycles. The maximum atomic E-state index is 12.2. The van der Waals surface area contributed by atoms with Gasteiger partial charge < -0.3 is 5.32 Å². The Morgan fingerprint density at radius 2 is 1.80 bits per heavy atom. The maximum absolute atomic E-state index is 12.2. The third-order valence-electron chi connectivity index (χ3n) is 3.05. The lowest BCUT2D eigenvalue weighted by molar-refractivity contribution is 0.288. The lowest BCUT2D eigenvalue weighted by Gasteiger charge is -2.33. The molecule has 0 radical (unpaired) electrons. The summed E-state index contributed by atoms with van der Waals surface area (Å²) in [6.45, 7) is 5.36. The molecule has 15 heavy (non-hydrogen) atoms. The molecule has 0 aromatic carbocycles. The molecule has 2 aliphatic rings. The van der Waals surface area contributed by atoms with Gasteiger partial charge in [-0.05, 0) is 19.8 Å². The summed E-state index contributed by atoms with van der Waals surface area (Å²) in [6.07, 6.45) is 2.00. The monoisotopic (exact) mass is 233 g/mol. The fourth-order valence-corrected chi connectivity index (χ4v) is 3.97. The molecule has 0 aliphatic carbocycles. The van der Waals surface area contributed by atoms with Gasteiger partial charge in [0, 0.05) is 38.8 Å². The molecule has 1 N–H and O–H groups in total. The van der Waals surface area contributed by atoms with Gasteiger partial charge in [0.25, 0.3) is 10.2 Å². The third kappa shape index (κ3) is 2.33. The molecule has 0 aromatic rings. The van der Waals surface area contributed by atoms with Crippen LogP contribution in [0.25, 0.3) is 0 Å². The molecule has 1 atom stereocenters. The first-order valence-corrected chi connectivity index (χ1v) is 6.99. The zero-order chi connectivity index (χ0) is 10.9. The average molecular weight is 233 g/mol. The lowest BCUT2D eigenvalue weighted by atomic mass is 10.3. The summed E-state index contributed by atoms with van der Waals surface area (Å²) >= 11 is 0. The molecule has 0 saturated carbocycles. The third-order valence-corrected chi connectivity index (χ3v) is 5.05. The minimum Gasteiger partial charge on any atom is -0.312 e. The molecule has 2 rings (SSSR count). The van der Waals surface area contributed by atoms with Crippen LogP contribution in [0.15, 0.2) is 0 Å². The molecule has 2 fully saturated rings. The van der Waals surface area contributed by atoms with Crippen molar-refractivity contribution in [2.75, 3.05) is 32.7 Å². The highest BCUT2D eigenvalue weighted by atomic mass is 32.2. The van der Waals surface area contributed by atoms with Gasteiger partial charge in [0.1, 0.15) is 0 Å². The molecule has 0 unspecified atom stereocenters. The summed E-state index contributed by atoms with van der Waals surface area (Å²) in [5, 5.41) is 3.25. The Morgan fingerprint density at radius 1 is 1.13 bits per heavy atom. The number of piperazine rings is 1. The van der Waals surface area contributed by atoms with Gasteiger partial charge in [-0.1, -0.05) is 0 Å². The molecule has 2 heterocycles. The van der Waals surface area contributed by atoms with Crippen LogP contribution in [0.1, 0.15) is 19.8 Å². The zero-order valence-electron chi connectivity index (χ0n) is 9.15. The smallest absolute Gasteiger partial charge is 0.282 e. The van der Waals surface area contributed by atoms with Crippen LogP contribution in [0.5, 0.6) is 0 Å². The van der Waals surface area contributed by atoms with Crippen molar-refractivity contribution in [3.05, 3.63) is 0 Å². The summed E-state index contributed by atoms with van der Waals surface area (Å²) in [4.78, 5) is 0. The molecule has 2 saturated heterocycles. The fourth-order valence-electron chi connectivity index (χ4n) is 2.19. The molecule has 0 spiro atoms. The first-order chi connectivity index (χ1) is 7.10. The van der Waals surface area contributed by atoms with Gasteiger partial charge in [0.05, 0.1) is 0 Å². The summed E-state index contributed by atoms with van der Waals surface area (Å²) in [5.74, 6) is 0. The van der Waals surface area contributed by atoms with E-state index < -0.39 is 10.2 Å². The SMILES string of the molecule is C[C@H]1CN(S(=O)(=O)N2CCCC2)CCN1. The summed E-state index contributed by atoms with van der Waals surface area (Å²) in [7, 11) is -3.17. The minimum atomic E-state index is -3.17. The van der Waals surface area contributed by atoms with Crippen LogP contribution in [-0.2, 0) is 10.2 Å². The van der Waals surface area contributed by atoms with Gasteiger partial charge in [0.2, 0.25) is 0 Å². The van der Waals surface area contributed by atoms with Crippen LogP contribution >= 0.6 is 0 Å². The van der Waals surface area contributed by atoms with Crippen molar-refractivity contribution in [2.24, 2.45) is 0 Å². The van der Waals surface area contributed by atoms with Crippen LogP contribution < -0.4 is 5.32 Å². The van der Waals surface area contributed by atoms with Crippen molar-refractivity contribution in [3.8, 4) is 0 Å². The number of nitrogens with one attached hydrogen (secondary N) is 1. The maximum Gasteiger partial charge on any atom is 0.282 e. The van der Waals surface area contributed by atoms with Crippen LogP contribution in [0.3, 0.4) is 0 Å². The summed E-state index contributed by atoms with van der Waals surface area (Å²) in [5.41, 5.74) is 0. The van der Waals surface area contributed by atoms with E-state index in [1.807, 2.05) is 6.92 Å². The van der Waals surface area contributed by atoms with E-state index in [4.69, 9.17) is 0 Å². The molecule has 2 aliphatic heterocycles. The van der Waals surface area contributed by atoms with E-state index in [0.717, 1.165) is 19.4 Å². The lowest BCUT2D eigenvalue weighted by Crippen LogP contribution is -2.54. The fraction of sp³-hybridized carbons (Fsp3) is 1.00. The van der Waals surface area contributed by atoms with Crippen LogP contribution in [0.2, 0.25) is 0 Å². The highest BCUT2D eigenvalue weighted by molar-refractivity contribution is 7.86. The largest absolute Gasteiger partial charge is 0.312 e. The van der Waals surface area contributed by atoms with E-state index in [-0.39, 0.29) is 6.04 Å². The molecular weight excluding hydrogens is 214 g/mol. The molecular formula is C9H19N3O2S. The number of rotatable bonds is 2. The normalized spacial score (nSPS) is 30.9. The Labute approximate surface area is 91.6 Å². The average Bonchev–Trinajstić information content (AvgIpc) is 2.71. The van der Waals surface area contributed by atoms with E-state index in [2.05, 4.69) is 5.32 Å². The minimum absolute atomic E-state index is 0.260. The highest BCUT2D eigenvalue weighted by Gasteiger charge is 2.33. The second-order valence-corrected chi connectivity index (χ2v) is 6.26. The van der Waals surface area contributed by atoms with Crippen LogP contribution in [0.4, 0.5) is 0 Å². The van der Waals surface area contributed by atoms with E-state index in [0.29, 0.717) is 26.2 Å². The summed E-state index contributed by atoms with van der Waals surface area (Å²) < 4.78 is 27.5. The van der Waals surface area contributed by atoms with Gasteiger partial charge >= 0.3 is 0 Å². The Kier molecular flexibility index (Phi) is 3.30. The highest BCUT2D eigenvalue weighted by Crippen LogP contribution is 2.17. The molecule has 5 nitrogen and oxygen atoms in total. The van der Waals surface area contributed by atoms with Crippen molar-refractivity contribution in [1.29, 1.82) is 0 Å². The van der Waals surface area contributed by atoms with Crippen molar-refractivity contribution >= 4 is 10.2 Å². The number of hydrogen-bond donors (Lipinski definition) is 1. The Hall–Kier alpha value is -0.170. The Balaban J connectivity index is 2.07. The van der Waals surface area contributed by atoms with E-state index in [1.54, 1.807) is 8.61 Å². The van der Waals surface area contributed by atoms with Gasteiger partial charge in [-0.3, -0.25) is 0 Å².